The Bertz CT molecular complexity index is 2040. The van der Waals surface area contributed by atoms with Gasteiger partial charge in [0.1, 0.15) is 11.8 Å². The Morgan fingerprint density at radius 1 is 1.02 bits per heavy atom. The molecular weight excluding hydrogens is 682 g/mol. The lowest BCUT2D eigenvalue weighted by atomic mass is 9.98. The minimum atomic E-state index is -0.380. The molecule has 3 aromatic heterocycles. The number of allylic oxidation sites excluding steroid dienone is 1. The van der Waals surface area contributed by atoms with Crippen molar-refractivity contribution < 1.29 is 14.0 Å². The van der Waals surface area contributed by atoms with Gasteiger partial charge in [0, 0.05) is 53.8 Å². The number of furan rings is 1. The zero-order valence-electron chi connectivity index (χ0n) is 27.6. The van der Waals surface area contributed by atoms with Gasteiger partial charge in [-0.2, -0.15) is 0 Å². The average molecular weight is 721 g/mol. The maximum Gasteiger partial charge on any atom is 0.255 e. The van der Waals surface area contributed by atoms with E-state index < -0.39 is 0 Å². The molecule has 3 aliphatic rings. The molecule has 0 bridgehead atoms. The lowest BCUT2D eigenvalue weighted by Crippen LogP contribution is -2.57. The number of benzene rings is 2. The van der Waals surface area contributed by atoms with E-state index in [9.17, 15) is 9.59 Å². The van der Waals surface area contributed by atoms with Crippen LogP contribution in [0, 0.1) is 0 Å². The van der Waals surface area contributed by atoms with Crippen LogP contribution in [0.4, 0.5) is 5.69 Å². The van der Waals surface area contributed by atoms with Crippen LogP contribution >= 0.6 is 15.9 Å². The van der Waals surface area contributed by atoms with Crippen molar-refractivity contribution in [2.45, 2.75) is 64.2 Å². The predicted octanol–water partition coefficient (Wildman–Crippen LogP) is 6.77. The molecule has 3 atom stereocenters. The van der Waals surface area contributed by atoms with E-state index in [1.165, 1.54) is 0 Å². The summed E-state index contributed by atoms with van der Waals surface area (Å²) in [6.07, 6.45) is 8.85. The molecule has 11 heteroatoms. The van der Waals surface area contributed by atoms with Gasteiger partial charge in [-0.05, 0) is 99.2 Å². The molecule has 2 saturated heterocycles. The fourth-order valence-corrected chi connectivity index (χ4v) is 8.03. The van der Waals surface area contributed by atoms with Crippen LogP contribution in [0.1, 0.15) is 72.2 Å². The number of nitrogens with zero attached hydrogens (tertiary/aromatic N) is 7. The summed E-state index contributed by atoms with van der Waals surface area (Å²) in [5.74, 6) is 0.889. The van der Waals surface area contributed by atoms with Crippen LogP contribution in [0.25, 0.3) is 22.6 Å². The number of hydrogen-bond acceptors (Lipinski definition) is 7. The van der Waals surface area contributed by atoms with Crippen molar-refractivity contribution in [2.24, 2.45) is 0 Å². The second-order valence-electron chi connectivity index (χ2n) is 13.4. The number of aromatic nitrogens is 4. The van der Waals surface area contributed by atoms with Gasteiger partial charge in [0.25, 0.3) is 11.8 Å². The normalized spacial score (nSPS) is 22.3. The van der Waals surface area contributed by atoms with Gasteiger partial charge in [-0.1, -0.05) is 39.3 Å². The first-order chi connectivity index (χ1) is 23.8. The number of pyridine rings is 1. The topological polar surface area (TPSA) is 101 Å². The Hall–Kier alpha value is -4.61. The summed E-state index contributed by atoms with van der Waals surface area (Å²) >= 11 is 3.48. The first-order valence-corrected chi connectivity index (χ1v) is 17.8. The summed E-state index contributed by atoms with van der Waals surface area (Å²) in [7, 11) is 0. The first kappa shape index (κ1) is 31.6. The summed E-state index contributed by atoms with van der Waals surface area (Å²) in [6.45, 7) is 6.82. The summed E-state index contributed by atoms with van der Waals surface area (Å²) in [5.41, 5.74) is 6.34. The second-order valence-corrected chi connectivity index (χ2v) is 14.3. The molecule has 5 aromatic rings. The number of rotatable bonds is 6. The van der Waals surface area contributed by atoms with E-state index in [0.29, 0.717) is 26.2 Å². The van der Waals surface area contributed by atoms with Gasteiger partial charge < -0.3 is 14.2 Å². The van der Waals surface area contributed by atoms with Crippen molar-refractivity contribution >= 4 is 56.0 Å². The Balaban J connectivity index is 0.991. The van der Waals surface area contributed by atoms with Crippen molar-refractivity contribution in [3.63, 3.8) is 0 Å². The molecule has 0 radical (unpaired) electrons. The van der Waals surface area contributed by atoms with Gasteiger partial charge in [0.2, 0.25) is 0 Å². The van der Waals surface area contributed by atoms with Crippen molar-refractivity contribution in [1.29, 1.82) is 0 Å². The molecule has 1 unspecified atom stereocenters. The first-order valence-electron chi connectivity index (χ1n) is 17.0. The molecule has 2 amide bonds. The average Bonchev–Trinajstić information content (AvgIpc) is 3.88. The number of halogens is 1. The van der Waals surface area contributed by atoms with Crippen molar-refractivity contribution in [1.82, 2.24) is 29.8 Å². The predicted molar refractivity (Wildman–Crippen MR) is 192 cm³/mol. The summed E-state index contributed by atoms with van der Waals surface area (Å²) in [6, 6.07) is 19.4. The highest BCUT2D eigenvalue weighted by Crippen LogP contribution is 2.38. The lowest BCUT2D eigenvalue weighted by molar-refractivity contribution is -0.123. The number of amides is 2. The number of hydrogen-bond donors (Lipinski definition) is 0. The molecule has 2 aliphatic heterocycles. The van der Waals surface area contributed by atoms with E-state index >= 15 is 0 Å². The zero-order valence-corrected chi connectivity index (χ0v) is 29.2. The van der Waals surface area contributed by atoms with Gasteiger partial charge in [0.05, 0.1) is 34.9 Å². The smallest absolute Gasteiger partial charge is 0.255 e. The summed E-state index contributed by atoms with van der Waals surface area (Å²) in [4.78, 5) is 39.3. The largest absolute Gasteiger partial charge is 0.465 e. The highest BCUT2D eigenvalue weighted by molar-refractivity contribution is 9.10. The van der Waals surface area contributed by atoms with Gasteiger partial charge in [-0.15, -0.1) is 5.10 Å². The number of piperazine rings is 1. The van der Waals surface area contributed by atoms with Gasteiger partial charge in [-0.3, -0.25) is 14.5 Å². The number of carbonyl (C=O) groups is 2. The van der Waals surface area contributed by atoms with Crippen LogP contribution in [0.15, 0.2) is 82.0 Å². The molecule has 2 fully saturated rings. The molecular formula is C38H38BrN7O3. The minimum Gasteiger partial charge on any atom is -0.465 e. The molecule has 8 rings (SSSR count). The molecule has 2 aromatic carbocycles. The van der Waals surface area contributed by atoms with E-state index in [1.807, 2.05) is 82.7 Å². The van der Waals surface area contributed by atoms with Gasteiger partial charge in [-0.25, -0.2) is 9.67 Å². The van der Waals surface area contributed by atoms with Crippen LogP contribution < -0.4 is 4.90 Å². The SMILES string of the molecule is C[C@@H]1CN(C(=O)c2c3c(nc4ccccc24)/C(=C\c2ccco2)CC3)C[C@H](C)N1Cc1cn(C2CCCN(c3ccc(Br)cc3)C2=O)nn1. The molecule has 49 heavy (non-hydrogen) atoms. The maximum atomic E-state index is 14.5. The summed E-state index contributed by atoms with van der Waals surface area (Å²) in [5, 5.41) is 9.83. The lowest BCUT2D eigenvalue weighted by Gasteiger charge is -2.44. The summed E-state index contributed by atoms with van der Waals surface area (Å²) < 4.78 is 8.31. The quantitative estimate of drug-likeness (QED) is 0.191. The number of fused-ring (bicyclic) bond motifs is 2. The van der Waals surface area contributed by atoms with Crippen molar-refractivity contribution in [3.05, 3.63) is 106 Å². The van der Waals surface area contributed by atoms with Crippen LogP contribution in [0.5, 0.6) is 0 Å². The standard InChI is InChI=1S/C38H38BrN7O3/c1-24-20-43(38(48)35-31-8-3-4-9-33(31)40-36-26(11-16-32(35)36)19-30-7-6-18-49-30)21-25(2)45(24)22-28-23-46(42-41-28)34-10-5-17-44(37(34)47)29-14-12-27(39)13-15-29/h3-4,6-9,12-15,18-19,23-25,34H,5,10-11,16-17,20-22H2,1-2H3/b26-19-/t24-,25+,34?. The van der Waals surface area contributed by atoms with Crippen molar-refractivity contribution in [3.8, 4) is 0 Å². The minimum absolute atomic E-state index is 0.0394. The fourth-order valence-electron chi connectivity index (χ4n) is 7.76. The van der Waals surface area contributed by atoms with Gasteiger partial charge >= 0.3 is 0 Å². The van der Waals surface area contributed by atoms with E-state index in [-0.39, 0.29) is 29.9 Å². The van der Waals surface area contributed by atoms with Crippen LogP contribution in [0.3, 0.4) is 0 Å². The van der Waals surface area contributed by atoms with Crippen LogP contribution in [-0.4, -0.2) is 73.3 Å². The third kappa shape index (κ3) is 5.99. The van der Waals surface area contributed by atoms with E-state index in [2.05, 4.69) is 45.0 Å². The van der Waals surface area contributed by atoms with E-state index in [0.717, 1.165) is 80.6 Å². The Kier molecular flexibility index (Phi) is 8.41. The highest BCUT2D eigenvalue weighted by Gasteiger charge is 2.37. The molecule has 250 valence electrons. The molecule has 10 nitrogen and oxygen atoms in total. The molecule has 1 aliphatic carbocycles. The zero-order chi connectivity index (χ0) is 33.6. The Morgan fingerprint density at radius 2 is 1.82 bits per heavy atom. The maximum absolute atomic E-state index is 14.5. The highest BCUT2D eigenvalue weighted by atomic mass is 79.9. The van der Waals surface area contributed by atoms with E-state index in [4.69, 9.17) is 9.40 Å². The number of carbonyl (C=O) groups excluding carboxylic acids is 2. The fraction of sp³-hybridized carbons (Fsp3) is 0.342. The Morgan fingerprint density at radius 3 is 2.59 bits per heavy atom. The molecule has 5 heterocycles. The molecule has 0 spiro atoms. The number of piperidine rings is 1. The number of anilines is 1. The second kappa shape index (κ2) is 13.0. The third-order valence-corrected chi connectivity index (χ3v) is 10.7. The van der Waals surface area contributed by atoms with Crippen LogP contribution in [-0.2, 0) is 17.8 Å². The number of para-hydroxylation sites is 1. The van der Waals surface area contributed by atoms with Gasteiger partial charge in [0.15, 0.2) is 0 Å². The van der Waals surface area contributed by atoms with Crippen LogP contribution in [0.2, 0.25) is 0 Å². The van der Waals surface area contributed by atoms with Crippen molar-refractivity contribution in [2.75, 3.05) is 24.5 Å². The van der Waals surface area contributed by atoms with E-state index in [1.54, 1.807) is 10.9 Å². The molecule has 0 N–H and O–H groups in total. The molecule has 0 saturated carbocycles. The third-order valence-electron chi connectivity index (χ3n) is 10.2. The monoisotopic (exact) mass is 719 g/mol. The Labute approximate surface area is 293 Å².